The lowest BCUT2D eigenvalue weighted by Gasteiger charge is -2.13. The first-order valence-electron chi connectivity index (χ1n) is 19.4. The first kappa shape index (κ1) is 43.0. The van der Waals surface area contributed by atoms with Crippen LogP contribution in [-0.4, -0.2) is 19.1 Å². The summed E-state index contributed by atoms with van der Waals surface area (Å²) in [5.74, 6) is 0. The topological polar surface area (TPSA) is 77.0 Å². The molecule has 0 radical (unpaired) electrons. The summed E-state index contributed by atoms with van der Waals surface area (Å²) in [6.07, 6.45) is 3.94. The lowest BCUT2D eigenvalue weighted by Crippen LogP contribution is -1.96. The Morgan fingerprint density at radius 3 is 1.32 bits per heavy atom. The van der Waals surface area contributed by atoms with Gasteiger partial charge in [0.1, 0.15) is 0 Å². The number of hydrogen-bond acceptors (Lipinski definition) is 4. The Labute approximate surface area is 341 Å². The van der Waals surface area contributed by atoms with E-state index in [0.717, 1.165) is 61.7 Å². The van der Waals surface area contributed by atoms with Gasteiger partial charge in [0.2, 0.25) is 0 Å². The van der Waals surface area contributed by atoms with Gasteiger partial charge in [-0.15, -0.1) is 13.2 Å². The first-order valence-corrected chi connectivity index (χ1v) is 19.4. The van der Waals surface area contributed by atoms with E-state index < -0.39 is 0 Å². The van der Waals surface area contributed by atoms with Crippen LogP contribution in [0.2, 0.25) is 0 Å². The van der Waals surface area contributed by atoms with Crippen LogP contribution in [-0.2, 0) is 0 Å². The molecule has 4 heteroatoms. The highest BCUT2D eigenvalue weighted by Gasteiger charge is 2.12. The van der Waals surface area contributed by atoms with Crippen molar-refractivity contribution in [2.45, 2.75) is 27.7 Å². The fourth-order valence-electron chi connectivity index (χ4n) is 6.38. The molecular formula is C53H56N4. The zero-order valence-corrected chi connectivity index (χ0v) is 34.3. The van der Waals surface area contributed by atoms with Crippen molar-refractivity contribution in [3.8, 4) is 67.0 Å². The van der Waals surface area contributed by atoms with E-state index >= 15 is 0 Å². The molecule has 5 N–H and O–H groups in total. The van der Waals surface area contributed by atoms with Crippen molar-refractivity contribution in [1.82, 2.24) is 4.98 Å². The van der Waals surface area contributed by atoms with Gasteiger partial charge in [0.15, 0.2) is 0 Å². The quantitative estimate of drug-likeness (QED) is 0.101. The minimum Gasteiger partial charge on any atom is -0.399 e. The number of nitrogens with zero attached hydrogens (tertiary/aromatic N) is 1. The lowest BCUT2D eigenvalue weighted by atomic mass is 9.95. The summed E-state index contributed by atoms with van der Waals surface area (Å²) in [7, 11) is 3.46. The predicted molar refractivity (Wildman–Crippen MR) is 251 cm³/mol. The van der Waals surface area contributed by atoms with Gasteiger partial charge in [0, 0.05) is 29.6 Å². The Bertz CT molecular complexity index is 2360. The van der Waals surface area contributed by atoms with E-state index in [-0.39, 0.29) is 0 Å². The van der Waals surface area contributed by atoms with E-state index in [1.165, 1.54) is 34.9 Å². The van der Waals surface area contributed by atoms with Gasteiger partial charge in [0.25, 0.3) is 0 Å². The molecule has 0 atom stereocenters. The second kappa shape index (κ2) is 22.0. The zero-order valence-electron chi connectivity index (χ0n) is 34.3. The van der Waals surface area contributed by atoms with Gasteiger partial charge in [0.05, 0.1) is 11.4 Å². The molecule has 288 valence electrons. The predicted octanol–water partition coefficient (Wildman–Crippen LogP) is 13.8. The highest BCUT2D eigenvalue weighted by molar-refractivity contribution is 5.81. The first-order chi connectivity index (χ1) is 28.0. The third-order valence-electron chi connectivity index (χ3n) is 9.32. The number of benzene rings is 6. The zero-order chi connectivity index (χ0) is 41.2. The van der Waals surface area contributed by atoms with Crippen LogP contribution < -0.4 is 16.8 Å². The molecule has 6 aromatic carbocycles. The summed E-state index contributed by atoms with van der Waals surface area (Å²) in [6, 6.07) is 58.1. The molecule has 0 aliphatic heterocycles. The standard InChI is InChI=1S/C48H41N3.C2H6.C2H4.CH5N/c1-4-45(49)26-33(2)42-31-47(38-22-18-36(19-23-38)41-17-11-16-40(27-41)34-12-7-5-8-13-34)51-48(32-42)39-24-20-37(21-25-39)44-28-43(29-46(30-44)50-3)35-14-9-6-10-15-35;3*1-2/h4-32,50H,49H2,1-3H3;1-2H3;1-2H2;2H2,1H3/b33-26+,45-4+;;;. The second-order valence-corrected chi connectivity index (χ2v) is 12.8. The Balaban J connectivity index is 0.00000115. The van der Waals surface area contributed by atoms with Crippen LogP contribution in [0.1, 0.15) is 33.3 Å². The van der Waals surface area contributed by atoms with Gasteiger partial charge in [-0.2, -0.15) is 0 Å². The molecule has 7 aromatic rings. The summed E-state index contributed by atoms with van der Waals surface area (Å²) in [4.78, 5) is 5.21. The molecule has 4 nitrogen and oxygen atoms in total. The van der Waals surface area contributed by atoms with E-state index in [2.05, 4.69) is 183 Å². The van der Waals surface area contributed by atoms with E-state index in [0.29, 0.717) is 0 Å². The SMILES string of the molecule is C/C=C(N)\C=C(/C)c1cc(-c2ccc(-c3cccc(-c4ccccc4)c3)cc2)nc(-c2ccc(-c3cc(NC)cc(-c4ccccc4)c3)cc2)c1.C=C.CC.CN. The molecular weight excluding hydrogens is 693 g/mol. The minimum atomic E-state index is 0.734. The van der Waals surface area contributed by atoms with Crippen LogP contribution in [0.5, 0.6) is 0 Å². The molecule has 0 saturated carbocycles. The maximum absolute atomic E-state index is 6.23. The molecule has 0 saturated heterocycles. The smallest absolute Gasteiger partial charge is 0.0715 e. The number of anilines is 1. The Morgan fingerprint density at radius 1 is 0.509 bits per heavy atom. The molecule has 0 aliphatic carbocycles. The van der Waals surface area contributed by atoms with Crippen molar-refractivity contribution in [2.24, 2.45) is 11.5 Å². The van der Waals surface area contributed by atoms with Gasteiger partial charge in [-0.3, -0.25) is 0 Å². The number of allylic oxidation sites excluding steroid dienone is 3. The van der Waals surface area contributed by atoms with Gasteiger partial charge < -0.3 is 16.8 Å². The average Bonchev–Trinajstić information content (AvgIpc) is 3.31. The molecule has 0 aliphatic rings. The monoisotopic (exact) mass is 748 g/mol. The highest BCUT2D eigenvalue weighted by Crippen LogP contribution is 2.34. The maximum atomic E-state index is 6.23. The van der Waals surface area contributed by atoms with Crippen LogP contribution in [0.15, 0.2) is 195 Å². The van der Waals surface area contributed by atoms with Crippen molar-refractivity contribution in [2.75, 3.05) is 19.4 Å². The fourth-order valence-corrected chi connectivity index (χ4v) is 6.38. The number of nitrogens with two attached hydrogens (primary N) is 2. The minimum absolute atomic E-state index is 0.734. The number of nitrogens with one attached hydrogen (secondary N) is 1. The highest BCUT2D eigenvalue weighted by atomic mass is 14.8. The van der Waals surface area contributed by atoms with Crippen LogP contribution in [0.4, 0.5) is 5.69 Å². The number of aromatic nitrogens is 1. The summed E-state index contributed by atoms with van der Waals surface area (Å²) in [5, 5.41) is 3.33. The summed E-state index contributed by atoms with van der Waals surface area (Å²) < 4.78 is 0. The van der Waals surface area contributed by atoms with Crippen molar-refractivity contribution in [3.05, 3.63) is 200 Å². The number of pyridine rings is 1. The summed E-state index contributed by atoms with van der Waals surface area (Å²) >= 11 is 0. The largest absolute Gasteiger partial charge is 0.399 e. The van der Waals surface area contributed by atoms with Crippen molar-refractivity contribution in [3.63, 3.8) is 0 Å². The Hall–Kier alpha value is -6.75. The summed E-state index contributed by atoms with van der Waals surface area (Å²) in [5.41, 5.74) is 28.1. The van der Waals surface area contributed by atoms with Crippen LogP contribution >= 0.6 is 0 Å². The van der Waals surface area contributed by atoms with E-state index in [9.17, 15) is 0 Å². The van der Waals surface area contributed by atoms with E-state index in [1.807, 2.05) is 52.1 Å². The van der Waals surface area contributed by atoms with Gasteiger partial charge >= 0.3 is 0 Å². The van der Waals surface area contributed by atoms with E-state index in [4.69, 9.17) is 10.7 Å². The third-order valence-corrected chi connectivity index (χ3v) is 9.32. The van der Waals surface area contributed by atoms with Crippen LogP contribution in [0.25, 0.3) is 72.6 Å². The van der Waals surface area contributed by atoms with Gasteiger partial charge in [-0.25, -0.2) is 4.98 Å². The van der Waals surface area contributed by atoms with Gasteiger partial charge in [-0.1, -0.05) is 147 Å². The second-order valence-electron chi connectivity index (χ2n) is 12.8. The molecule has 0 amide bonds. The molecule has 57 heavy (non-hydrogen) atoms. The fraction of sp³-hybridized carbons (Fsp3) is 0.113. The Morgan fingerprint density at radius 2 is 0.877 bits per heavy atom. The van der Waals surface area contributed by atoms with Crippen LogP contribution in [0, 0.1) is 0 Å². The lowest BCUT2D eigenvalue weighted by molar-refractivity contribution is 1.30. The molecule has 0 spiro atoms. The summed E-state index contributed by atoms with van der Waals surface area (Å²) in [6.45, 7) is 14.1. The molecule has 1 heterocycles. The van der Waals surface area contributed by atoms with Crippen molar-refractivity contribution in [1.29, 1.82) is 0 Å². The van der Waals surface area contributed by atoms with E-state index in [1.54, 1.807) is 0 Å². The molecule has 0 bridgehead atoms. The Kier molecular flexibility index (Phi) is 16.6. The average molecular weight is 749 g/mol. The third kappa shape index (κ3) is 11.2. The molecule has 0 unspecified atom stereocenters. The number of rotatable bonds is 9. The molecule has 0 fully saturated rings. The molecule has 1 aromatic heterocycles. The van der Waals surface area contributed by atoms with Gasteiger partial charge in [-0.05, 0) is 119 Å². The van der Waals surface area contributed by atoms with Crippen molar-refractivity contribution < 1.29 is 0 Å². The van der Waals surface area contributed by atoms with Crippen LogP contribution in [0.3, 0.4) is 0 Å². The number of hydrogen-bond donors (Lipinski definition) is 3. The van der Waals surface area contributed by atoms with Crippen molar-refractivity contribution >= 4 is 11.3 Å². The maximum Gasteiger partial charge on any atom is 0.0715 e. The normalized spacial score (nSPS) is 10.8. The molecule has 7 rings (SSSR count).